The summed E-state index contributed by atoms with van der Waals surface area (Å²) in [4.78, 5) is 40.2. The van der Waals surface area contributed by atoms with Crippen molar-refractivity contribution in [1.29, 1.82) is 0 Å². The van der Waals surface area contributed by atoms with E-state index in [-0.39, 0.29) is 24.5 Å². The molecule has 3 aliphatic rings. The van der Waals surface area contributed by atoms with Crippen molar-refractivity contribution in [1.82, 2.24) is 4.90 Å². The number of hydrogen-bond donors (Lipinski definition) is 1. The summed E-state index contributed by atoms with van der Waals surface area (Å²) in [7, 11) is 0. The van der Waals surface area contributed by atoms with Crippen molar-refractivity contribution in [3.8, 4) is 5.75 Å². The normalized spacial score (nSPS) is 17.8. The molecule has 0 fully saturated rings. The molecule has 0 bridgehead atoms. The van der Waals surface area contributed by atoms with Crippen LogP contribution >= 0.6 is 11.6 Å². The number of Topliss-reactive ketones (excluding diaryl/α,β-unsaturated/α-hetero) is 2. The van der Waals surface area contributed by atoms with E-state index in [0.29, 0.717) is 67.1 Å². The van der Waals surface area contributed by atoms with Gasteiger partial charge in [0.25, 0.3) is 0 Å². The Morgan fingerprint density at radius 3 is 2.25 bits per heavy atom. The average molecular weight is 556 g/mol. The Bertz CT molecular complexity index is 1550. The largest absolute Gasteiger partial charge is 0.487 e. The van der Waals surface area contributed by atoms with Crippen molar-refractivity contribution >= 4 is 39.9 Å². The molecule has 0 unspecified atom stereocenters. The fourth-order valence-corrected chi connectivity index (χ4v) is 6.66. The molecule has 6 rings (SSSR count). The molecule has 7 heteroatoms. The van der Waals surface area contributed by atoms with Crippen LogP contribution in [0.1, 0.15) is 62.0 Å². The van der Waals surface area contributed by atoms with E-state index in [1.807, 2.05) is 47.4 Å². The number of carbonyl (C=O) groups excluding carboxylic acids is 2. The topological polar surface area (TPSA) is 83.9 Å². The Morgan fingerprint density at radius 1 is 0.900 bits per heavy atom. The van der Waals surface area contributed by atoms with Crippen LogP contribution in [-0.2, 0) is 21.0 Å². The maximum absolute atomic E-state index is 13.4. The molecule has 2 aliphatic carbocycles. The summed E-state index contributed by atoms with van der Waals surface area (Å²) < 4.78 is 6.15. The van der Waals surface area contributed by atoms with Crippen LogP contribution in [0.15, 0.2) is 83.2 Å². The lowest BCUT2D eigenvalue weighted by molar-refractivity contribution is -0.137. The first kappa shape index (κ1) is 26.3. The minimum Gasteiger partial charge on any atom is -0.487 e. The zero-order valence-electron chi connectivity index (χ0n) is 22.1. The lowest BCUT2D eigenvalue weighted by Gasteiger charge is -2.44. The molecule has 1 heterocycles. The summed E-state index contributed by atoms with van der Waals surface area (Å²) in [5.41, 5.74) is 4.80. The minimum atomic E-state index is -0.901. The van der Waals surface area contributed by atoms with Crippen LogP contribution in [0, 0.1) is 0 Å². The monoisotopic (exact) mass is 555 g/mol. The molecule has 1 aliphatic heterocycles. The highest BCUT2D eigenvalue weighted by molar-refractivity contribution is 6.32. The number of nitrogens with zero attached hydrogens (tertiary/aromatic N) is 1. The SMILES string of the molecule is O=C(O)CCN1C2=C(C(=O)CCC2)C(c2ccc(OCc3cccc4ccccc34)c(Cl)c2)C2=C1CCCC2=O. The molecule has 204 valence electrons. The molecule has 3 aromatic rings. The molecule has 0 spiro atoms. The van der Waals surface area contributed by atoms with Crippen LogP contribution in [0.2, 0.25) is 5.02 Å². The lowest BCUT2D eigenvalue weighted by atomic mass is 9.71. The number of aliphatic carboxylic acids is 1. The predicted molar refractivity (Wildman–Crippen MR) is 153 cm³/mol. The number of ketones is 2. The van der Waals surface area contributed by atoms with Gasteiger partial charge in [-0.05, 0) is 59.7 Å². The molecule has 0 saturated heterocycles. The highest BCUT2D eigenvalue weighted by Crippen LogP contribution is 2.49. The van der Waals surface area contributed by atoms with Crippen molar-refractivity contribution in [2.45, 2.75) is 57.5 Å². The number of rotatable bonds is 7. The van der Waals surface area contributed by atoms with Gasteiger partial charge in [-0.25, -0.2) is 0 Å². The van der Waals surface area contributed by atoms with Crippen LogP contribution in [0.5, 0.6) is 5.75 Å². The maximum atomic E-state index is 13.4. The maximum Gasteiger partial charge on any atom is 0.305 e. The molecule has 0 saturated carbocycles. The van der Waals surface area contributed by atoms with Gasteiger partial charge in [0.15, 0.2) is 11.6 Å². The van der Waals surface area contributed by atoms with Crippen LogP contribution in [0.4, 0.5) is 0 Å². The van der Waals surface area contributed by atoms with E-state index in [0.717, 1.165) is 33.3 Å². The van der Waals surface area contributed by atoms with Crippen molar-refractivity contribution in [3.05, 3.63) is 99.4 Å². The second-order valence-corrected chi connectivity index (χ2v) is 11.0. The predicted octanol–water partition coefficient (Wildman–Crippen LogP) is 6.96. The minimum absolute atomic E-state index is 0.0175. The summed E-state index contributed by atoms with van der Waals surface area (Å²) in [6, 6.07) is 19.8. The number of fused-ring (bicyclic) bond motifs is 1. The second-order valence-electron chi connectivity index (χ2n) is 10.6. The first-order valence-corrected chi connectivity index (χ1v) is 14.2. The van der Waals surface area contributed by atoms with Crippen molar-refractivity contribution < 1.29 is 24.2 Å². The number of carbonyl (C=O) groups is 3. The van der Waals surface area contributed by atoms with Crippen LogP contribution in [0.3, 0.4) is 0 Å². The number of carboxylic acids is 1. The van der Waals surface area contributed by atoms with Crippen LogP contribution in [0.25, 0.3) is 10.8 Å². The molecular formula is C33H30ClNO5. The molecule has 0 radical (unpaired) electrons. The molecule has 3 aromatic carbocycles. The molecule has 0 aromatic heterocycles. The van der Waals surface area contributed by atoms with Crippen LogP contribution in [-0.4, -0.2) is 34.1 Å². The molecule has 6 nitrogen and oxygen atoms in total. The van der Waals surface area contributed by atoms with Gasteiger partial charge in [0.1, 0.15) is 12.4 Å². The number of benzene rings is 3. The highest BCUT2D eigenvalue weighted by atomic mass is 35.5. The van der Waals surface area contributed by atoms with Gasteiger partial charge in [0.2, 0.25) is 0 Å². The van der Waals surface area contributed by atoms with E-state index >= 15 is 0 Å². The van der Waals surface area contributed by atoms with Crippen molar-refractivity contribution in [2.75, 3.05) is 6.54 Å². The zero-order valence-corrected chi connectivity index (χ0v) is 22.9. The van der Waals surface area contributed by atoms with Gasteiger partial charge in [-0.3, -0.25) is 14.4 Å². The first-order valence-electron chi connectivity index (χ1n) is 13.8. The van der Waals surface area contributed by atoms with Crippen molar-refractivity contribution in [2.24, 2.45) is 0 Å². The number of allylic oxidation sites excluding steroid dienone is 4. The van der Waals surface area contributed by atoms with Crippen LogP contribution < -0.4 is 4.74 Å². The van der Waals surface area contributed by atoms with Gasteiger partial charge in [-0.15, -0.1) is 0 Å². The number of halogens is 1. The Labute approximate surface area is 237 Å². The van der Waals surface area contributed by atoms with Gasteiger partial charge in [-0.2, -0.15) is 0 Å². The first-order chi connectivity index (χ1) is 19.4. The van der Waals surface area contributed by atoms with E-state index in [4.69, 9.17) is 16.3 Å². The third kappa shape index (κ3) is 4.81. The lowest BCUT2D eigenvalue weighted by Crippen LogP contribution is -2.39. The third-order valence-electron chi connectivity index (χ3n) is 8.19. The Balaban J connectivity index is 1.36. The van der Waals surface area contributed by atoms with Gasteiger partial charge < -0.3 is 14.7 Å². The number of hydrogen-bond acceptors (Lipinski definition) is 5. The third-order valence-corrected chi connectivity index (χ3v) is 8.48. The van der Waals surface area contributed by atoms with E-state index in [1.54, 1.807) is 0 Å². The fourth-order valence-electron chi connectivity index (χ4n) is 6.41. The van der Waals surface area contributed by atoms with Gasteiger partial charge in [0, 0.05) is 47.8 Å². The number of carboxylic acid groups (broad SMARTS) is 1. The molecule has 0 atom stereocenters. The van der Waals surface area contributed by atoms with E-state index < -0.39 is 11.9 Å². The molecule has 0 amide bonds. The average Bonchev–Trinajstić information content (AvgIpc) is 2.95. The van der Waals surface area contributed by atoms with Gasteiger partial charge in [0.05, 0.1) is 11.4 Å². The summed E-state index contributed by atoms with van der Waals surface area (Å²) in [6.45, 7) is 0.603. The Hall–Kier alpha value is -3.90. The molecule has 40 heavy (non-hydrogen) atoms. The Kier molecular flexibility index (Phi) is 7.20. The van der Waals surface area contributed by atoms with E-state index in [1.165, 1.54) is 0 Å². The standard InChI is InChI=1S/C33H30ClNO5/c34-24-18-21(14-15-29(24)40-19-22-8-3-7-20-6-1-2-9-23(20)22)31-32-25(10-4-12-27(32)36)35(17-16-30(38)39)26-11-5-13-28(37)33(26)31/h1-3,6-9,14-15,18,31H,4-5,10-13,16-17,19H2,(H,38,39). The van der Waals surface area contributed by atoms with E-state index in [9.17, 15) is 19.5 Å². The summed E-state index contributed by atoms with van der Waals surface area (Å²) in [5, 5.41) is 12.1. The number of ether oxygens (including phenoxy) is 1. The van der Waals surface area contributed by atoms with Gasteiger partial charge in [-0.1, -0.05) is 60.1 Å². The summed E-state index contributed by atoms with van der Waals surface area (Å²) >= 11 is 6.77. The summed E-state index contributed by atoms with van der Waals surface area (Å²) in [5.74, 6) is -0.837. The smallest absolute Gasteiger partial charge is 0.305 e. The molecule has 1 N–H and O–H groups in total. The summed E-state index contributed by atoms with van der Waals surface area (Å²) in [6.07, 6.45) is 3.57. The highest BCUT2D eigenvalue weighted by Gasteiger charge is 2.43. The Morgan fingerprint density at radius 2 is 1.57 bits per heavy atom. The second kappa shape index (κ2) is 10.9. The zero-order chi connectivity index (χ0) is 27.8. The quantitative estimate of drug-likeness (QED) is 0.339. The van der Waals surface area contributed by atoms with Gasteiger partial charge >= 0.3 is 5.97 Å². The fraction of sp³-hybridized carbons (Fsp3) is 0.303. The van der Waals surface area contributed by atoms with Crippen molar-refractivity contribution in [3.63, 3.8) is 0 Å². The molecular weight excluding hydrogens is 526 g/mol. The van der Waals surface area contributed by atoms with E-state index in [2.05, 4.69) is 18.2 Å².